The van der Waals surface area contributed by atoms with Gasteiger partial charge >= 0.3 is 0 Å². The lowest BCUT2D eigenvalue weighted by molar-refractivity contribution is 0.234. The van der Waals surface area contributed by atoms with Crippen LogP contribution in [0.2, 0.25) is 0 Å². The molecule has 2 aliphatic heterocycles. The fourth-order valence-corrected chi connectivity index (χ4v) is 3.49. The fraction of sp³-hybridized carbons (Fsp3) is 0.632. The van der Waals surface area contributed by atoms with Gasteiger partial charge in [-0.3, -0.25) is 4.99 Å². The molecule has 0 bridgehead atoms. The Kier molecular flexibility index (Phi) is 8.81. The molecule has 2 aliphatic rings. The molecule has 1 aromatic carbocycles. The van der Waals surface area contributed by atoms with Crippen LogP contribution in [0.3, 0.4) is 0 Å². The summed E-state index contributed by atoms with van der Waals surface area (Å²) in [6.07, 6.45) is 6.60. The lowest BCUT2D eigenvalue weighted by atomic mass is 10.1. The maximum Gasteiger partial charge on any atom is 0.191 e. The molecule has 2 N–H and O–H groups in total. The van der Waals surface area contributed by atoms with Crippen LogP contribution in [0.15, 0.2) is 29.3 Å². The maximum absolute atomic E-state index is 5.96. The van der Waals surface area contributed by atoms with Gasteiger partial charge in [-0.05, 0) is 37.6 Å². The largest absolute Gasteiger partial charge is 0.488 e. The molecule has 1 fully saturated rings. The van der Waals surface area contributed by atoms with Crippen molar-refractivity contribution in [3.05, 3.63) is 29.8 Å². The molecule has 2 heterocycles. The number of aliphatic imine (C=N–C) groups is 1. The highest BCUT2D eigenvalue weighted by atomic mass is 127. The molecule has 1 aromatic rings. The van der Waals surface area contributed by atoms with E-state index in [0.29, 0.717) is 0 Å². The Morgan fingerprint density at radius 1 is 1.16 bits per heavy atom. The highest BCUT2D eigenvalue weighted by Gasteiger charge is 2.22. The lowest BCUT2D eigenvalue weighted by Gasteiger charge is -2.21. The third-order valence-electron chi connectivity index (χ3n) is 4.85. The molecule has 0 saturated carbocycles. The molecule has 25 heavy (non-hydrogen) atoms. The Labute approximate surface area is 168 Å². The third-order valence-corrected chi connectivity index (χ3v) is 4.85. The van der Waals surface area contributed by atoms with E-state index in [2.05, 4.69) is 32.7 Å². The molecule has 0 amide bonds. The second-order valence-corrected chi connectivity index (χ2v) is 6.69. The van der Waals surface area contributed by atoms with Crippen molar-refractivity contribution in [1.29, 1.82) is 0 Å². The minimum Gasteiger partial charge on any atom is -0.488 e. The number of rotatable bonds is 5. The number of ether oxygens (including phenoxy) is 1. The normalized spacial score (nSPS) is 20.8. The number of fused-ring (bicyclic) bond motifs is 1. The Bertz CT molecular complexity index is 519. The first-order valence-electron chi connectivity index (χ1n) is 9.26. The number of guanidine groups is 1. The van der Waals surface area contributed by atoms with Crippen LogP contribution >= 0.6 is 24.0 Å². The highest BCUT2D eigenvalue weighted by Crippen LogP contribution is 2.27. The summed E-state index contributed by atoms with van der Waals surface area (Å²) in [7, 11) is 1.82. The molecule has 6 heteroatoms. The summed E-state index contributed by atoms with van der Waals surface area (Å²) in [5, 5.41) is 6.82. The first kappa shape index (κ1) is 20.3. The van der Waals surface area contributed by atoms with Crippen LogP contribution in [0, 0.1) is 0 Å². The van der Waals surface area contributed by atoms with Gasteiger partial charge in [0.05, 0.1) is 6.54 Å². The molecule has 140 valence electrons. The van der Waals surface area contributed by atoms with E-state index in [0.717, 1.165) is 37.8 Å². The van der Waals surface area contributed by atoms with Gasteiger partial charge in [-0.2, -0.15) is 0 Å². The van der Waals surface area contributed by atoms with Gasteiger partial charge < -0.3 is 20.3 Å². The first-order valence-corrected chi connectivity index (χ1v) is 9.26. The van der Waals surface area contributed by atoms with Crippen molar-refractivity contribution in [2.75, 3.05) is 39.8 Å². The van der Waals surface area contributed by atoms with Crippen molar-refractivity contribution in [1.82, 2.24) is 15.5 Å². The average molecular weight is 458 g/mol. The van der Waals surface area contributed by atoms with Gasteiger partial charge in [-0.25, -0.2) is 0 Å². The second kappa shape index (κ2) is 10.9. The van der Waals surface area contributed by atoms with Crippen LogP contribution in [-0.4, -0.2) is 56.7 Å². The molecule has 1 atom stereocenters. The van der Waals surface area contributed by atoms with Gasteiger partial charge in [0.2, 0.25) is 0 Å². The standard InChI is InChI=1S/C19H30N4O.HI/c1-20-19(21-10-13-23-11-6-2-3-7-12-23)22-15-17-14-16-8-4-5-9-18(16)24-17;/h4-5,8-9,17H,2-3,6-7,10-15H2,1H3,(H2,20,21,22);1H. The smallest absolute Gasteiger partial charge is 0.191 e. The van der Waals surface area contributed by atoms with E-state index in [1.54, 1.807) is 0 Å². The van der Waals surface area contributed by atoms with Crippen LogP contribution < -0.4 is 15.4 Å². The molecule has 0 radical (unpaired) electrons. The number of benzene rings is 1. The summed E-state index contributed by atoms with van der Waals surface area (Å²) < 4.78 is 5.96. The van der Waals surface area contributed by atoms with Crippen LogP contribution in [0.5, 0.6) is 5.75 Å². The van der Waals surface area contributed by atoms with Gasteiger partial charge in [-0.1, -0.05) is 31.0 Å². The van der Waals surface area contributed by atoms with Crippen LogP contribution in [0.1, 0.15) is 31.2 Å². The van der Waals surface area contributed by atoms with E-state index < -0.39 is 0 Å². The summed E-state index contributed by atoms with van der Waals surface area (Å²) in [6.45, 7) is 5.28. The molecule has 3 rings (SSSR count). The molecule has 0 spiro atoms. The molecule has 5 nitrogen and oxygen atoms in total. The molecule has 0 aromatic heterocycles. The maximum atomic E-state index is 5.96. The van der Waals surface area contributed by atoms with Crippen molar-refractivity contribution < 1.29 is 4.74 Å². The number of hydrogen-bond acceptors (Lipinski definition) is 3. The fourth-order valence-electron chi connectivity index (χ4n) is 3.49. The van der Waals surface area contributed by atoms with Crippen molar-refractivity contribution >= 4 is 29.9 Å². The van der Waals surface area contributed by atoms with Gasteiger partial charge in [0, 0.05) is 26.6 Å². The summed E-state index contributed by atoms with van der Waals surface area (Å²) in [4.78, 5) is 6.88. The summed E-state index contributed by atoms with van der Waals surface area (Å²) in [6, 6.07) is 8.28. The first-order chi connectivity index (χ1) is 11.8. The number of para-hydroxylation sites is 1. The van der Waals surface area contributed by atoms with Gasteiger partial charge in [0.15, 0.2) is 5.96 Å². The number of nitrogens with one attached hydrogen (secondary N) is 2. The SMILES string of the molecule is CN=C(NCCN1CCCCCC1)NCC1Cc2ccccc2O1.I. The molecular weight excluding hydrogens is 427 g/mol. The number of halogens is 1. The van der Waals surface area contributed by atoms with E-state index in [9.17, 15) is 0 Å². The van der Waals surface area contributed by atoms with E-state index in [1.807, 2.05) is 19.2 Å². The van der Waals surface area contributed by atoms with E-state index in [4.69, 9.17) is 4.74 Å². The predicted molar refractivity (Wildman–Crippen MR) is 114 cm³/mol. The zero-order valence-corrected chi connectivity index (χ0v) is 17.5. The summed E-state index contributed by atoms with van der Waals surface area (Å²) in [5.74, 6) is 1.89. The van der Waals surface area contributed by atoms with Crippen molar-refractivity contribution in [2.45, 2.75) is 38.2 Å². The monoisotopic (exact) mass is 458 g/mol. The lowest BCUT2D eigenvalue weighted by Crippen LogP contribution is -2.44. The molecular formula is C19H31IN4O. The summed E-state index contributed by atoms with van der Waals surface area (Å²) in [5.41, 5.74) is 1.30. The van der Waals surface area contributed by atoms with Crippen molar-refractivity contribution in [3.8, 4) is 5.75 Å². The Morgan fingerprint density at radius 2 is 1.92 bits per heavy atom. The molecule has 1 saturated heterocycles. The number of hydrogen-bond donors (Lipinski definition) is 2. The van der Waals surface area contributed by atoms with Crippen molar-refractivity contribution in [3.63, 3.8) is 0 Å². The predicted octanol–water partition coefficient (Wildman–Crippen LogP) is 2.65. The van der Waals surface area contributed by atoms with Crippen LogP contribution in [-0.2, 0) is 6.42 Å². The highest BCUT2D eigenvalue weighted by molar-refractivity contribution is 14.0. The zero-order valence-electron chi connectivity index (χ0n) is 15.2. The second-order valence-electron chi connectivity index (χ2n) is 6.69. The average Bonchev–Trinajstić information content (AvgIpc) is 2.85. The van der Waals surface area contributed by atoms with Gasteiger partial charge in [0.1, 0.15) is 11.9 Å². The van der Waals surface area contributed by atoms with Crippen LogP contribution in [0.4, 0.5) is 0 Å². The minimum absolute atomic E-state index is 0. The van der Waals surface area contributed by atoms with E-state index in [-0.39, 0.29) is 30.1 Å². The molecule has 1 unspecified atom stereocenters. The third kappa shape index (κ3) is 6.33. The van der Waals surface area contributed by atoms with Crippen LogP contribution in [0.25, 0.3) is 0 Å². The number of nitrogens with zero attached hydrogens (tertiary/aromatic N) is 2. The van der Waals surface area contributed by atoms with Gasteiger partial charge in [-0.15, -0.1) is 24.0 Å². The van der Waals surface area contributed by atoms with E-state index in [1.165, 1.54) is 44.3 Å². The zero-order chi connectivity index (χ0) is 16.6. The van der Waals surface area contributed by atoms with E-state index >= 15 is 0 Å². The number of likely N-dealkylation sites (tertiary alicyclic amines) is 1. The van der Waals surface area contributed by atoms with Gasteiger partial charge in [0.25, 0.3) is 0 Å². The Morgan fingerprint density at radius 3 is 2.64 bits per heavy atom. The molecule has 0 aliphatic carbocycles. The Balaban J connectivity index is 0.00000225. The topological polar surface area (TPSA) is 48.9 Å². The summed E-state index contributed by atoms with van der Waals surface area (Å²) >= 11 is 0. The Hall–Kier alpha value is -1.02. The quantitative estimate of drug-likeness (QED) is 0.405. The van der Waals surface area contributed by atoms with Crippen molar-refractivity contribution in [2.24, 2.45) is 4.99 Å². The minimum atomic E-state index is 0.